The van der Waals surface area contributed by atoms with Gasteiger partial charge in [0.25, 0.3) is 0 Å². The number of ketones is 2. The van der Waals surface area contributed by atoms with Crippen molar-refractivity contribution in [3.8, 4) is 0 Å². The monoisotopic (exact) mass is 638 g/mol. The largest absolute Gasteiger partial charge is 0.481 e. The smallest absolute Gasteiger partial charge is 0.166 e. The fourth-order valence-electron chi connectivity index (χ4n) is 8.23. The molecule has 4 heteroatoms. The molecule has 0 amide bonds. The molecule has 0 N–H and O–H groups in total. The van der Waals surface area contributed by atoms with Gasteiger partial charge in [-0.05, 0) is 68.2 Å². The van der Waals surface area contributed by atoms with Gasteiger partial charge < -0.3 is 9.47 Å². The summed E-state index contributed by atoms with van der Waals surface area (Å²) in [6, 6.07) is 33.9. The zero-order valence-corrected chi connectivity index (χ0v) is 29.4. The van der Waals surface area contributed by atoms with Crippen molar-refractivity contribution in [3.63, 3.8) is 0 Å². The highest BCUT2D eigenvalue weighted by Gasteiger charge is 2.56. The third-order valence-corrected chi connectivity index (χ3v) is 10.5. The van der Waals surface area contributed by atoms with Gasteiger partial charge in [-0.15, -0.1) is 0 Å². The van der Waals surface area contributed by atoms with Crippen LogP contribution >= 0.6 is 0 Å². The first-order valence-electron chi connectivity index (χ1n) is 17.0. The van der Waals surface area contributed by atoms with Crippen molar-refractivity contribution in [1.29, 1.82) is 0 Å². The van der Waals surface area contributed by atoms with Crippen LogP contribution in [0, 0.1) is 39.5 Å². The van der Waals surface area contributed by atoms with Crippen LogP contribution in [0.2, 0.25) is 0 Å². The van der Waals surface area contributed by atoms with Gasteiger partial charge in [0.2, 0.25) is 0 Å². The molecule has 48 heavy (non-hydrogen) atoms. The number of Topliss-reactive ketones (excluding diaryl/α,β-unsaturated/α-hetero) is 2. The zero-order valence-electron chi connectivity index (χ0n) is 29.4. The maximum Gasteiger partial charge on any atom is 0.166 e. The topological polar surface area (TPSA) is 52.6 Å². The van der Waals surface area contributed by atoms with Crippen LogP contribution < -0.4 is 0 Å². The predicted octanol–water partition coefficient (Wildman–Crippen LogP) is 9.91. The number of rotatable bonds is 9. The quantitative estimate of drug-likeness (QED) is 0.183. The number of aryl methyl sites for hydroxylation is 4. The number of hydrogen-bond acceptors (Lipinski definition) is 4. The van der Waals surface area contributed by atoms with E-state index in [9.17, 15) is 9.59 Å². The van der Waals surface area contributed by atoms with Gasteiger partial charge in [0.05, 0.1) is 0 Å². The summed E-state index contributed by atoms with van der Waals surface area (Å²) < 4.78 is 14.0. The van der Waals surface area contributed by atoms with Crippen LogP contribution in [0.25, 0.3) is 0 Å². The highest BCUT2D eigenvalue weighted by atomic mass is 16.5. The summed E-state index contributed by atoms with van der Waals surface area (Å²) in [7, 11) is 0. The lowest BCUT2D eigenvalue weighted by molar-refractivity contribution is -0.115. The van der Waals surface area contributed by atoms with Gasteiger partial charge >= 0.3 is 0 Å². The normalized spacial score (nSPS) is 19.7. The summed E-state index contributed by atoms with van der Waals surface area (Å²) in [6.45, 7) is 15.4. The molecule has 246 valence electrons. The summed E-state index contributed by atoms with van der Waals surface area (Å²) in [5.74, 6) is 0.703. The van der Waals surface area contributed by atoms with Crippen molar-refractivity contribution in [1.82, 2.24) is 0 Å². The Hall–Kier alpha value is -4.70. The van der Waals surface area contributed by atoms with Crippen LogP contribution in [0.15, 0.2) is 120 Å². The number of hydrogen-bond donors (Lipinski definition) is 0. The highest BCUT2D eigenvalue weighted by Crippen LogP contribution is 2.57. The molecule has 4 aromatic rings. The van der Waals surface area contributed by atoms with E-state index in [1.165, 1.54) is 0 Å². The van der Waals surface area contributed by atoms with Crippen LogP contribution in [0.1, 0.15) is 85.0 Å². The van der Waals surface area contributed by atoms with Gasteiger partial charge in [-0.1, -0.05) is 119 Å². The molecule has 0 bridgehead atoms. The van der Waals surface area contributed by atoms with Crippen molar-refractivity contribution in [2.75, 3.05) is 0 Å². The predicted molar refractivity (Wildman–Crippen MR) is 191 cm³/mol. The first-order chi connectivity index (χ1) is 22.9. The van der Waals surface area contributed by atoms with Gasteiger partial charge in [0, 0.05) is 45.2 Å². The average molecular weight is 639 g/mol. The Morgan fingerprint density at radius 3 is 0.896 bits per heavy atom. The van der Waals surface area contributed by atoms with Crippen LogP contribution in [-0.4, -0.2) is 11.6 Å². The van der Waals surface area contributed by atoms with Crippen molar-refractivity contribution in [2.24, 2.45) is 11.8 Å². The van der Waals surface area contributed by atoms with Gasteiger partial charge in [0.15, 0.2) is 22.8 Å². The van der Waals surface area contributed by atoms with Crippen molar-refractivity contribution in [2.45, 2.75) is 79.4 Å². The Bertz CT molecular complexity index is 1670. The minimum Gasteiger partial charge on any atom is -0.481 e. The fraction of sp³-hybridized carbons (Fsp3) is 0.318. The number of ether oxygens (including phenoxy) is 2. The summed E-state index contributed by atoms with van der Waals surface area (Å²) >= 11 is 0. The minimum atomic E-state index is -0.919. The Morgan fingerprint density at radius 2 is 0.688 bits per heavy atom. The first kappa shape index (κ1) is 33.2. The van der Waals surface area contributed by atoms with Gasteiger partial charge in [0.1, 0.15) is 11.5 Å². The average Bonchev–Trinajstić information content (AvgIpc) is 3.52. The molecule has 4 aromatic carbocycles. The molecule has 0 saturated heterocycles. The highest BCUT2D eigenvalue weighted by molar-refractivity contribution is 5.96. The van der Waals surface area contributed by atoms with Gasteiger partial charge in [-0.25, -0.2) is 0 Å². The molecule has 0 fully saturated rings. The fourth-order valence-corrected chi connectivity index (χ4v) is 8.23. The Balaban J connectivity index is 1.54. The molecule has 4 nitrogen and oxygen atoms in total. The first-order valence-corrected chi connectivity index (χ1v) is 17.0. The third kappa shape index (κ3) is 5.51. The standard InChI is InChI=1S/C44H46O4/c1-27-9-17-35(18-10-27)43(36-19-11-28(2)12-20-36)39(41(31(5)45)33(7)47-43)25-26-40-42(32(6)46)34(8)48-44(40,37-21-13-29(3)14-22-37)38-23-15-30(4)16-24-38/h9-24,39-40H,25-26H2,1-8H3. The lowest BCUT2D eigenvalue weighted by Gasteiger charge is -2.40. The molecule has 0 aliphatic carbocycles. The molecule has 0 radical (unpaired) electrons. The molecule has 6 rings (SSSR count). The van der Waals surface area contributed by atoms with E-state index in [0.29, 0.717) is 35.5 Å². The summed E-state index contributed by atoms with van der Waals surface area (Å²) in [5, 5.41) is 0. The van der Waals surface area contributed by atoms with E-state index in [2.05, 4.69) is 125 Å². The van der Waals surface area contributed by atoms with E-state index in [0.717, 1.165) is 44.5 Å². The van der Waals surface area contributed by atoms with E-state index in [1.54, 1.807) is 13.8 Å². The molecule has 0 saturated carbocycles. The number of carbonyl (C=O) groups excluding carboxylic acids is 2. The molecule has 2 aliphatic rings. The molecule has 2 aliphatic heterocycles. The summed E-state index contributed by atoms with van der Waals surface area (Å²) in [5.41, 5.74) is 8.19. The lowest BCUT2D eigenvalue weighted by atomic mass is 9.67. The van der Waals surface area contributed by atoms with E-state index in [1.807, 2.05) is 13.8 Å². The van der Waals surface area contributed by atoms with E-state index in [-0.39, 0.29) is 23.4 Å². The maximum absolute atomic E-state index is 13.6. The molecular formula is C44H46O4. The zero-order chi connectivity index (χ0) is 34.4. The Kier molecular flexibility index (Phi) is 8.80. The van der Waals surface area contributed by atoms with Crippen LogP contribution in [-0.2, 0) is 30.3 Å². The van der Waals surface area contributed by atoms with E-state index >= 15 is 0 Å². The number of allylic oxidation sites excluding steroid dienone is 2. The molecule has 2 unspecified atom stereocenters. The summed E-state index contributed by atoms with van der Waals surface area (Å²) in [6.07, 6.45) is 1.18. The minimum absolute atomic E-state index is 0.00289. The van der Waals surface area contributed by atoms with E-state index in [4.69, 9.17) is 9.47 Å². The van der Waals surface area contributed by atoms with Crippen molar-refractivity contribution in [3.05, 3.63) is 164 Å². The SMILES string of the molecule is CC(=O)C1=C(C)OC(c2ccc(C)cc2)(c2ccc(C)cc2)C1CCC1C(C(C)=O)=C(C)OC1(c1ccc(C)cc1)c1ccc(C)cc1. The number of carbonyl (C=O) groups is 2. The maximum atomic E-state index is 13.6. The van der Waals surface area contributed by atoms with Crippen LogP contribution in [0.5, 0.6) is 0 Å². The summed E-state index contributed by atoms with van der Waals surface area (Å²) in [4.78, 5) is 27.1. The van der Waals surface area contributed by atoms with Crippen molar-refractivity contribution < 1.29 is 19.1 Å². The second-order valence-electron chi connectivity index (χ2n) is 13.9. The van der Waals surface area contributed by atoms with Gasteiger partial charge in [-0.3, -0.25) is 9.59 Å². The molecule has 2 heterocycles. The van der Waals surface area contributed by atoms with Crippen LogP contribution in [0.4, 0.5) is 0 Å². The molecule has 2 atom stereocenters. The second-order valence-corrected chi connectivity index (χ2v) is 13.9. The van der Waals surface area contributed by atoms with E-state index < -0.39 is 11.2 Å². The van der Waals surface area contributed by atoms with Gasteiger partial charge in [-0.2, -0.15) is 0 Å². The molecule has 0 aromatic heterocycles. The molecule has 0 spiro atoms. The molecular weight excluding hydrogens is 592 g/mol. The lowest BCUT2D eigenvalue weighted by Crippen LogP contribution is -2.39. The Morgan fingerprint density at radius 1 is 0.458 bits per heavy atom. The second kappa shape index (κ2) is 12.7. The third-order valence-electron chi connectivity index (χ3n) is 10.5. The van der Waals surface area contributed by atoms with Crippen LogP contribution in [0.3, 0.4) is 0 Å². The van der Waals surface area contributed by atoms with Crippen molar-refractivity contribution >= 4 is 11.6 Å². The Labute approximate surface area is 285 Å². The number of benzene rings is 4.